The summed E-state index contributed by atoms with van der Waals surface area (Å²) < 4.78 is 23.3. The number of carbonyl (C=O) groups is 4. The Labute approximate surface area is 223 Å². The van der Waals surface area contributed by atoms with Crippen molar-refractivity contribution in [1.29, 1.82) is 0 Å². The number of carbonyl (C=O) groups excluding carboxylic acids is 4. The Balaban J connectivity index is 2.26. The summed E-state index contributed by atoms with van der Waals surface area (Å²) in [5.41, 5.74) is -4.74. The predicted molar refractivity (Wildman–Crippen MR) is 134 cm³/mol. The van der Waals surface area contributed by atoms with Crippen LogP contribution in [0, 0.1) is 11.8 Å². The Kier molecular flexibility index (Phi) is 8.20. The lowest BCUT2D eigenvalue weighted by atomic mass is 9.71. The molecule has 3 aliphatic rings. The number of rotatable bonds is 7. The predicted octanol–water partition coefficient (Wildman–Crippen LogP) is 2.68. The number of aliphatic hydroxyl groups is 2. The molecule has 0 bridgehead atoms. The molecule has 1 saturated heterocycles. The van der Waals surface area contributed by atoms with Crippen molar-refractivity contribution in [2.75, 3.05) is 0 Å². The van der Waals surface area contributed by atoms with Crippen molar-refractivity contribution in [1.82, 2.24) is 0 Å². The van der Waals surface area contributed by atoms with Crippen LogP contribution in [0.4, 0.5) is 0 Å². The Morgan fingerprint density at radius 2 is 1.79 bits per heavy atom. The molecule has 0 amide bonds. The van der Waals surface area contributed by atoms with E-state index in [0.29, 0.717) is 23.1 Å². The van der Waals surface area contributed by atoms with Gasteiger partial charge in [-0.2, -0.15) is 0 Å². The molecule has 0 radical (unpaired) electrons. The molecule has 1 heterocycles. The summed E-state index contributed by atoms with van der Waals surface area (Å²) >= 11 is 0. The fourth-order valence-electron chi connectivity index (χ4n) is 6.29. The maximum absolute atomic E-state index is 12.9. The molecule has 10 nitrogen and oxygen atoms in total. The van der Waals surface area contributed by atoms with Gasteiger partial charge in [0, 0.05) is 18.9 Å². The van der Waals surface area contributed by atoms with Crippen molar-refractivity contribution in [3.05, 3.63) is 22.8 Å². The average Bonchev–Trinajstić information content (AvgIpc) is 3.16. The molecule has 0 aromatic carbocycles. The molecule has 212 valence electrons. The van der Waals surface area contributed by atoms with Gasteiger partial charge in [-0.15, -0.1) is 0 Å². The number of hydrogen-bond donors (Lipinski definition) is 2. The van der Waals surface area contributed by atoms with E-state index >= 15 is 0 Å². The number of hydrogen-bond acceptors (Lipinski definition) is 10. The van der Waals surface area contributed by atoms with Gasteiger partial charge in [0.15, 0.2) is 23.9 Å². The second kappa shape index (κ2) is 10.4. The summed E-state index contributed by atoms with van der Waals surface area (Å²) in [4.78, 5) is 50.9. The SMILES string of the molecule is C/C=C(/C)C(=O)O[C@H]1C(C)=C2[C@H]([C@@H]1OC(=O)CCCC)[C@@](C)(OC(C)=O)C[C@H](C)[C@@]1(O)[C@H]2OC(=O)[C@@]1(C)O. The Hall–Kier alpha value is -2.72. The second-order valence-electron chi connectivity index (χ2n) is 11.2. The molecule has 10 heteroatoms. The van der Waals surface area contributed by atoms with E-state index in [1.807, 2.05) is 6.92 Å². The molecule has 0 spiro atoms. The first-order valence-corrected chi connectivity index (χ1v) is 13.2. The van der Waals surface area contributed by atoms with Crippen LogP contribution in [0.15, 0.2) is 22.8 Å². The van der Waals surface area contributed by atoms with Crippen molar-refractivity contribution in [2.24, 2.45) is 11.8 Å². The van der Waals surface area contributed by atoms with Crippen LogP contribution < -0.4 is 0 Å². The summed E-state index contributed by atoms with van der Waals surface area (Å²) in [6, 6.07) is 0. The second-order valence-corrected chi connectivity index (χ2v) is 11.2. The molecule has 8 atom stereocenters. The highest BCUT2D eigenvalue weighted by atomic mass is 16.6. The summed E-state index contributed by atoms with van der Waals surface area (Å²) in [6.07, 6.45) is -0.561. The van der Waals surface area contributed by atoms with Gasteiger partial charge in [-0.3, -0.25) is 9.59 Å². The van der Waals surface area contributed by atoms with E-state index in [-0.39, 0.29) is 12.8 Å². The Morgan fingerprint density at radius 1 is 1.16 bits per heavy atom. The quantitative estimate of drug-likeness (QED) is 0.215. The van der Waals surface area contributed by atoms with E-state index in [9.17, 15) is 29.4 Å². The van der Waals surface area contributed by atoms with Crippen molar-refractivity contribution in [2.45, 2.75) is 116 Å². The molecule has 0 aromatic rings. The van der Waals surface area contributed by atoms with Crippen LogP contribution >= 0.6 is 0 Å². The average molecular weight is 537 g/mol. The smallest absolute Gasteiger partial charge is 0.341 e. The zero-order valence-electron chi connectivity index (χ0n) is 23.5. The molecule has 3 rings (SSSR count). The standard InChI is InChI=1S/C28H40O10/c1-9-11-12-18(30)35-22-20-19(16(5)21(22)36-24(31)14(3)10-2)23-28(34,27(8,33)25(32)37-23)15(4)13-26(20,7)38-17(6)29/h10,15,20-23,33-34H,9,11-13H2,1-8H3/b14-10-/t15-,20+,21-,22-,23-,26-,27+,28+/m0/s1. The van der Waals surface area contributed by atoms with E-state index in [0.717, 1.165) is 6.42 Å². The monoisotopic (exact) mass is 536 g/mol. The van der Waals surface area contributed by atoms with Gasteiger partial charge in [0.1, 0.15) is 11.2 Å². The molecular weight excluding hydrogens is 496 g/mol. The molecule has 2 fully saturated rings. The molecule has 0 unspecified atom stereocenters. The van der Waals surface area contributed by atoms with Gasteiger partial charge in [0.05, 0.1) is 5.92 Å². The van der Waals surface area contributed by atoms with Gasteiger partial charge in [-0.1, -0.05) is 26.3 Å². The molecule has 1 aliphatic heterocycles. The van der Waals surface area contributed by atoms with E-state index in [2.05, 4.69) is 0 Å². The zero-order chi connectivity index (χ0) is 28.8. The lowest BCUT2D eigenvalue weighted by Gasteiger charge is -2.41. The Bertz CT molecular complexity index is 1070. The summed E-state index contributed by atoms with van der Waals surface area (Å²) in [6.45, 7) is 12.6. The first kappa shape index (κ1) is 29.8. The number of allylic oxidation sites excluding steroid dienone is 1. The third-order valence-corrected chi connectivity index (χ3v) is 8.42. The molecule has 38 heavy (non-hydrogen) atoms. The zero-order valence-corrected chi connectivity index (χ0v) is 23.5. The number of unbranched alkanes of at least 4 members (excludes halogenated alkanes) is 1. The maximum atomic E-state index is 12.9. The van der Waals surface area contributed by atoms with Crippen LogP contribution in [0.2, 0.25) is 0 Å². The summed E-state index contributed by atoms with van der Waals surface area (Å²) in [5, 5.41) is 23.1. The number of esters is 4. The number of ether oxygens (including phenoxy) is 4. The topological polar surface area (TPSA) is 146 Å². The molecule has 0 aromatic heterocycles. The lowest BCUT2D eigenvalue weighted by Crippen LogP contribution is -2.60. The highest BCUT2D eigenvalue weighted by Gasteiger charge is 2.73. The van der Waals surface area contributed by atoms with E-state index < -0.39 is 70.8 Å². The van der Waals surface area contributed by atoms with E-state index in [1.165, 1.54) is 13.8 Å². The van der Waals surface area contributed by atoms with Gasteiger partial charge in [0.2, 0.25) is 0 Å². The van der Waals surface area contributed by atoms with Gasteiger partial charge >= 0.3 is 23.9 Å². The lowest BCUT2D eigenvalue weighted by molar-refractivity contribution is -0.187. The van der Waals surface area contributed by atoms with Crippen LogP contribution in [-0.4, -0.2) is 69.2 Å². The van der Waals surface area contributed by atoms with Crippen LogP contribution in [0.1, 0.15) is 81.1 Å². The third kappa shape index (κ3) is 4.66. The van der Waals surface area contributed by atoms with Crippen LogP contribution in [0.5, 0.6) is 0 Å². The van der Waals surface area contributed by atoms with Crippen LogP contribution in [0.25, 0.3) is 0 Å². The largest absolute Gasteiger partial charge is 0.459 e. The van der Waals surface area contributed by atoms with Crippen molar-refractivity contribution in [3.63, 3.8) is 0 Å². The van der Waals surface area contributed by atoms with E-state index in [4.69, 9.17) is 18.9 Å². The molecule has 2 N–H and O–H groups in total. The first-order chi connectivity index (χ1) is 17.6. The maximum Gasteiger partial charge on any atom is 0.341 e. The third-order valence-electron chi connectivity index (χ3n) is 8.42. The number of fused-ring (bicyclic) bond motifs is 3. The summed E-state index contributed by atoms with van der Waals surface area (Å²) in [7, 11) is 0. The highest BCUT2D eigenvalue weighted by Crippen LogP contribution is 2.58. The van der Waals surface area contributed by atoms with E-state index in [1.54, 1.807) is 40.7 Å². The molecule has 1 saturated carbocycles. The van der Waals surface area contributed by atoms with Crippen molar-refractivity contribution in [3.8, 4) is 0 Å². The highest BCUT2D eigenvalue weighted by molar-refractivity contribution is 5.88. The van der Waals surface area contributed by atoms with Crippen molar-refractivity contribution >= 4 is 23.9 Å². The van der Waals surface area contributed by atoms with Gasteiger partial charge in [-0.25, -0.2) is 9.59 Å². The van der Waals surface area contributed by atoms with Gasteiger partial charge in [-0.05, 0) is 64.5 Å². The van der Waals surface area contributed by atoms with Crippen molar-refractivity contribution < 1.29 is 48.3 Å². The minimum Gasteiger partial charge on any atom is -0.459 e. The fraction of sp³-hybridized carbons (Fsp3) is 0.714. The molecule has 2 aliphatic carbocycles. The minimum absolute atomic E-state index is 0.00855. The Morgan fingerprint density at radius 3 is 2.34 bits per heavy atom. The van der Waals surface area contributed by atoms with Gasteiger partial charge in [0.25, 0.3) is 0 Å². The normalized spacial score (nSPS) is 38.6. The molecular formula is C28H40O10. The van der Waals surface area contributed by atoms with Crippen LogP contribution in [-0.2, 0) is 38.1 Å². The fourth-order valence-corrected chi connectivity index (χ4v) is 6.29. The van der Waals surface area contributed by atoms with Gasteiger partial charge < -0.3 is 29.2 Å². The minimum atomic E-state index is -2.28. The summed E-state index contributed by atoms with van der Waals surface area (Å²) in [5.74, 6) is -4.52. The van der Waals surface area contributed by atoms with Crippen LogP contribution in [0.3, 0.4) is 0 Å². The first-order valence-electron chi connectivity index (χ1n) is 13.2.